The van der Waals surface area contributed by atoms with E-state index in [0.29, 0.717) is 12.5 Å². The van der Waals surface area contributed by atoms with Crippen LogP contribution in [0.15, 0.2) is 30.3 Å². The van der Waals surface area contributed by atoms with Crippen LogP contribution in [0.1, 0.15) is 31.9 Å². The summed E-state index contributed by atoms with van der Waals surface area (Å²) in [6.07, 6.45) is 0.553. The zero-order valence-corrected chi connectivity index (χ0v) is 8.70. The van der Waals surface area contributed by atoms with Crippen LogP contribution < -0.4 is 5.32 Å². The van der Waals surface area contributed by atoms with Crippen molar-refractivity contribution in [3.05, 3.63) is 35.9 Å². The van der Waals surface area contributed by atoms with Gasteiger partial charge < -0.3 is 5.32 Å². The molecule has 0 radical (unpaired) electrons. The highest BCUT2D eigenvalue weighted by atomic mass is 14.9. The largest absolute Gasteiger partial charge is 0.307 e. The number of nitrogens with one attached hydrogen (secondary N) is 1. The Labute approximate surface area is 85.6 Å². The van der Waals surface area contributed by atoms with Crippen LogP contribution in [0.5, 0.6) is 0 Å². The van der Waals surface area contributed by atoms with Gasteiger partial charge in [0.15, 0.2) is 0 Å². The van der Waals surface area contributed by atoms with E-state index in [2.05, 4.69) is 30.4 Å². The molecule has 1 aromatic carbocycles. The molecular weight excluding hydrogens is 172 g/mol. The molecule has 0 heterocycles. The van der Waals surface area contributed by atoms with Crippen molar-refractivity contribution in [3.63, 3.8) is 0 Å². The molecule has 2 nitrogen and oxygen atoms in total. The highest BCUT2D eigenvalue weighted by Crippen LogP contribution is 2.12. The van der Waals surface area contributed by atoms with E-state index in [4.69, 9.17) is 5.26 Å². The number of nitrogens with zero attached hydrogens (tertiary/aromatic N) is 1. The average Bonchev–Trinajstić information content (AvgIpc) is 2.19. The van der Waals surface area contributed by atoms with Crippen LogP contribution in [0, 0.1) is 11.3 Å². The molecule has 0 aromatic heterocycles. The number of hydrogen-bond donors (Lipinski definition) is 1. The molecule has 74 valence electrons. The van der Waals surface area contributed by atoms with Gasteiger partial charge in [-0.3, -0.25) is 0 Å². The van der Waals surface area contributed by atoms with Crippen LogP contribution in [-0.2, 0) is 0 Å². The van der Waals surface area contributed by atoms with Crippen LogP contribution in [0.3, 0.4) is 0 Å². The van der Waals surface area contributed by atoms with Gasteiger partial charge in [0.05, 0.1) is 12.5 Å². The predicted octanol–water partition coefficient (Wildman–Crippen LogP) is 2.64. The van der Waals surface area contributed by atoms with Crippen molar-refractivity contribution in [2.75, 3.05) is 0 Å². The normalized spacial score (nSPS) is 14.4. The van der Waals surface area contributed by atoms with Crippen LogP contribution in [0.2, 0.25) is 0 Å². The fraction of sp³-hybridized carbons (Fsp3) is 0.417. The van der Waals surface area contributed by atoms with Crippen LogP contribution in [0.4, 0.5) is 0 Å². The van der Waals surface area contributed by atoms with Crippen LogP contribution in [0.25, 0.3) is 0 Å². The molecule has 14 heavy (non-hydrogen) atoms. The first-order chi connectivity index (χ1) is 6.74. The topological polar surface area (TPSA) is 35.8 Å². The van der Waals surface area contributed by atoms with Gasteiger partial charge in [-0.05, 0) is 19.4 Å². The van der Waals surface area contributed by atoms with E-state index in [1.165, 1.54) is 5.56 Å². The van der Waals surface area contributed by atoms with Gasteiger partial charge in [-0.15, -0.1) is 0 Å². The molecule has 0 aliphatic carbocycles. The standard InChI is InChI=1S/C12H16N2/c1-10(8-9-13)14-11(2)12-6-4-3-5-7-12/h3-7,10-11,14H,8H2,1-2H3/t10?,11-/m0/s1. The average molecular weight is 188 g/mol. The van der Waals surface area contributed by atoms with Gasteiger partial charge >= 0.3 is 0 Å². The van der Waals surface area contributed by atoms with E-state index in [0.717, 1.165) is 0 Å². The molecule has 0 aliphatic heterocycles. The number of nitriles is 1. The fourth-order valence-electron chi connectivity index (χ4n) is 1.46. The molecule has 2 heteroatoms. The molecule has 0 saturated carbocycles. The first kappa shape index (κ1) is 10.7. The van der Waals surface area contributed by atoms with Gasteiger partial charge in [0.1, 0.15) is 0 Å². The quantitative estimate of drug-likeness (QED) is 0.788. The molecule has 0 spiro atoms. The van der Waals surface area contributed by atoms with Crippen molar-refractivity contribution in [2.24, 2.45) is 0 Å². The Balaban J connectivity index is 2.51. The third-order valence-corrected chi connectivity index (χ3v) is 2.23. The highest BCUT2D eigenvalue weighted by molar-refractivity contribution is 5.18. The minimum absolute atomic E-state index is 0.246. The van der Waals surface area contributed by atoms with Gasteiger partial charge in [0.25, 0.3) is 0 Å². The van der Waals surface area contributed by atoms with Gasteiger partial charge in [0, 0.05) is 12.1 Å². The summed E-state index contributed by atoms with van der Waals surface area (Å²) >= 11 is 0. The molecule has 2 atom stereocenters. The lowest BCUT2D eigenvalue weighted by atomic mass is 10.1. The Morgan fingerprint density at radius 2 is 1.93 bits per heavy atom. The van der Waals surface area contributed by atoms with Crippen molar-refractivity contribution in [1.82, 2.24) is 5.32 Å². The lowest BCUT2D eigenvalue weighted by molar-refractivity contribution is 0.485. The molecule has 1 unspecified atom stereocenters. The molecular formula is C12H16N2. The minimum atomic E-state index is 0.246. The van der Waals surface area contributed by atoms with E-state index in [1.54, 1.807) is 0 Å². The Bertz CT molecular complexity index is 300. The van der Waals surface area contributed by atoms with Gasteiger partial charge in [-0.1, -0.05) is 30.3 Å². The second-order valence-corrected chi connectivity index (χ2v) is 3.56. The smallest absolute Gasteiger partial charge is 0.0638 e. The number of hydrogen-bond acceptors (Lipinski definition) is 2. The second-order valence-electron chi connectivity index (χ2n) is 3.56. The zero-order valence-electron chi connectivity index (χ0n) is 8.70. The van der Waals surface area contributed by atoms with Crippen molar-refractivity contribution in [3.8, 4) is 6.07 Å². The summed E-state index contributed by atoms with van der Waals surface area (Å²) in [6, 6.07) is 13.0. The monoisotopic (exact) mass is 188 g/mol. The third-order valence-electron chi connectivity index (χ3n) is 2.23. The Morgan fingerprint density at radius 3 is 2.50 bits per heavy atom. The Hall–Kier alpha value is -1.33. The maximum absolute atomic E-state index is 8.53. The van der Waals surface area contributed by atoms with Crippen molar-refractivity contribution in [1.29, 1.82) is 5.26 Å². The molecule has 0 saturated heterocycles. The summed E-state index contributed by atoms with van der Waals surface area (Å²) in [6.45, 7) is 4.14. The zero-order chi connectivity index (χ0) is 10.4. The maximum Gasteiger partial charge on any atom is 0.0638 e. The van der Waals surface area contributed by atoms with Gasteiger partial charge in [-0.2, -0.15) is 5.26 Å². The summed E-state index contributed by atoms with van der Waals surface area (Å²) in [4.78, 5) is 0. The van der Waals surface area contributed by atoms with Crippen molar-refractivity contribution < 1.29 is 0 Å². The SMILES string of the molecule is CC(CC#N)N[C@@H](C)c1ccccc1. The molecule has 1 N–H and O–H groups in total. The molecule has 0 aliphatic rings. The maximum atomic E-state index is 8.53. The predicted molar refractivity (Wildman–Crippen MR) is 57.7 cm³/mol. The fourth-order valence-corrected chi connectivity index (χ4v) is 1.46. The first-order valence-electron chi connectivity index (χ1n) is 4.92. The summed E-state index contributed by atoms with van der Waals surface area (Å²) in [5, 5.41) is 11.9. The minimum Gasteiger partial charge on any atom is -0.307 e. The van der Waals surface area contributed by atoms with Crippen molar-refractivity contribution >= 4 is 0 Å². The third kappa shape index (κ3) is 3.20. The molecule has 0 fully saturated rings. The van der Waals surface area contributed by atoms with E-state index in [1.807, 2.05) is 25.1 Å². The molecule has 0 amide bonds. The Morgan fingerprint density at radius 1 is 1.29 bits per heavy atom. The number of rotatable bonds is 4. The first-order valence-corrected chi connectivity index (χ1v) is 4.92. The van der Waals surface area contributed by atoms with E-state index in [-0.39, 0.29) is 6.04 Å². The molecule has 0 bridgehead atoms. The lowest BCUT2D eigenvalue weighted by Crippen LogP contribution is -2.28. The number of benzene rings is 1. The van der Waals surface area contributed by atoms with Crippen molar-refractivity contribution in [2.45, 2.75) is 32.4 Å². The van der Waals surface area contributed by atoms with Gasteiger partial charge in [0.2, 0.25) is 0 Å². The molecule has 1 aromatic rings. The van der Waals surface area contributed by atoms with Crippen LogP contribution >= 0.6 is 0 Å². The molecule has 1 rings (SSSR count). The van der Waals surface area contributed by atoms with Gasteiger partial charge in [-0.25, -0.2) is 0 Å². The summed E-state index contributed by atoms with van der Waals surface area (Å²) in [7, 11) is 0. The summed E-state index contributed by atoms with van der Waals surface area (Å²) < 4.78 is 0. The second kappa shape index (κ2) is 5.41. The summed E-state index contributed by atoms with van der Waals surface area (Å²) in [5.74, 6) is 0. The highest BCUT2D eigenvalue weighted by Gasteiger charge is 2.07. The lowest BCUT2D eigenvalue weighted by Gasteiger charge is -2.18. The van der Waals surface area contributed by atoms with E-state index < -0.39 is 0 Å². The Kier molecular flexibility index (Phi) is 4.15. The van der Waals surface area contributed by atoms with E-state index >= 15 is 0 Å². The van der Waals surface area contributed by atoms with Crippen LogP contribution in [-0.4, -0.2) is 6.04 Å². The summed E-state index contributed by atoms with van der Waals surface area (Å²) in [5.41, 5.74) is 1.26. The van der Waals surface area contributed by atoms with E-state index in [9.17, 15) is 0 Å².